The van der Waals surface area contributed by atoms with E-state index in [1.807, 2.05) is 35.0 Å². The van der Waals surface area contributed by atoms with Gasteiger partial charge in [0.05, 0.1) is 5.69 Å². The molecule has 0 saturated heterocycles. The lowest BCUT2D eigenvalue weighted by atomic mass is 10.0. The van der Waals surface area contributed by atoms with E-state index in [4.69, 9.17) is 0 Å². The van der Waals surface area contributed by atoms with E-state index in [0.717, 1.165) is 24.2 Å². The number of carbonyl (C=O) groups is 1. The molecule has 0 spiro atoms. The van der Waals surface area contributed by atoms with Crippen LogP contribution in [0.5, 0.6) is 0 Å². The van der Waals surface area contributed by atoms with Crippen molar-refractivity contribution in [1.29, 1.82) is 0 Å². The summed E-state index contributed by atoms with van der Waals surface area (Å²) in [5, 5.41) is 13.0. The Labute approximate surface area is 117 Å². The van der Waals surface area contributed by atoms with E-state index in [1.54, 1.807) is 0 Å². The van der Waals surface area contributed by atoms with Crippen molar-refractivity contribution >= 4 is 11.6 Å². The molecular formula is C15H19N3O2. The molecule has 0 aliphatic heterocycles. The van der Waals surface area contributed by atoms with Crippen LogP contribution < -0.4 is 5.32 Å². The van der Waals surface area contributed by atoms with E-state index < -0.39 is 5.60 Å². The Morgan fingerprint density at radius 1 is 1.40 bits per heavy atom. The molecule has 5 nitrogen and oxygen atoms in total. The Morgan fingerprint density at radius 3 is 2.95 bits per heavy atom. The minimum Gasteiger partial charge on any atom is -0.380 e. The van der Waals surface area contributed by atoms with E-state index in [1.165, 1.54) is 0 Å². The van der Waals surface area contributed by atoms with E-state index in [0.29, 0.717) is 25.8 Å². The molecular weight excluding hydrogens is 254 g/mol. The molecule has 2 N–H and O–H groups in total. The average molecular weight is 273 g/mol. The SMILES string of the molecule is O=C(NCCc1cn2ccccc2n1)C1(O)CCCC1. The molecule has 2 heterocycles. The smallest absolute Gasteiger partial charge is 0.251 e. The molecule has 0 radical (unpaired) electrons. The van der Waals surface area contributed by atoms with Gasteiger partial charge in [0.15, 0.2) is 0 Å². The molecule has 2 aromatic rings. The number of nitrogens with zero attached hydrogens (tertiary/aromatic N) is 2. The Kier molecular flexibility index (Phi) is 3.44. The molecule has 106 valence electrons. The van der Waals surface area contributed by atoms with Crippen molar-refractivity contribution in [3.63, 3.8) is 0 Å². The zero-order chi connectivity index (χ0) is 14.0. The standard InChI is InChI=1S/C15H19N3O2/c19-14(15(20)7-2-3-8-15)16-9-6-12-11-18-10-4-1-5-13(18)17-12/h1,4-5,10-11,20H,2-3,6-9H2,(H,16,19). The highest BCUT2D eigenvalue weighted by Gasteiger charge is 2.38. The molecule has 3 rings (SSSR count). The fourth-order valence-corrected chi connectivity index (χ4v) is 2.76. The molecule has 1 aliphatic carbocycles. The normalized spacial score (nSPS) is 17.4. The van der Waals surface area contributed by atoms with Crippen molar-refractivity contribution in [2.45, 2.75) is 37.7 Å². The van der Waals surface area contributed by atoms with Crippen molar-refractivity contribution in [1.82, 2.24) is 14.7 Å². The Morgan fingerprint density at radius 2 is 2.20 bits per heavy atom. The van der Waals surface area contributed by atoms with Gasteiger partial charge >= 0.3 is 0 Å². The quantitative estimate of drug-likeness (QED) is 0.882. The maximum atomic E-state index is 11.9. The summed E-state index contributed by atoms with van der Waals surface area (Å²) in [5.74, 6) is -0.237. The van der Waals surface area contributed by atoms with Gasteiger partial charge in [-0.2, -0.15) is 0 Å². The number of aliphatic hydroxyl groups is 1. The first-order valence-corrected chi connectivity index (χ1v) is 7.11. The van der Waals surface area contributed by atoms with E-state index >= 15 is 0 Å². The maximum Gasteiger partial charge on any atom is 0.251 e. The Balaban J connectivity index is 1.56. The van der Waals surface area contributed by atoms with Crippen LogP contribution in [0.1, 0.15) is 31.4 Å². The number of aromatic nitrogens is 2. The first-order chi connectivity index (χ1) is 9.67. The number of rotatable bonds is 4. The lowest BCUT2D eigenvalue weighted by Crippen LogP contribution is -2.45. The van der Waals surface area contributed by atoms with Gasteiger partial charge in [-0.25, -0.2) is 4.98 Å². The second-order valence-corrected chi connectivity index (χ2v) is 5.44. The number of hydrogen-bond acceptors (Lipinski definition) is 3. The summed E-state index contributed by atoms with van der Waals surface area (Å²) in [6, 6.07) is 5.85. The number of hydrogen-bond donors (Lipinski definition) is 2. The molecule has 1 fully saturated rings. The van der Waals surface area contributed by atoms with Gasteiger partial charge in [-0.1, -0.05) is 6.07 Å². The van der Waals surface area contributed by atoms with Crippen LogP contribution in [-0.4, -0.2) is 32.5 Å². The fourth-order valence-electron chi connectivity index (χ4n) is 2.76. The summed E-state index contributed by atoms with van der Waals surface area (Å²) in [6.07, 6.45) is 7.59. The number of imidazole rings is 1. The molecule has 0 bridgehead atoms. The number of amides is 1. The van der Waals surface area contributed by atoms with Gasteiger partial charge in [-0.15, -0.1) is 0 Å². The predicted octanol–water partition coefficient (Wildman–Crippen LogP) is 1.30. The van der Waals surface area contributed by atoms with Crippen LogP contribution in [0.4, 0.5) is 0 Å². The average Bonchev–Trinajstić information content (AvgIpc) is 3.05. The van der Waals surface area contributed by atoms with E-state index in [-0.39, 0.29) is 5.91 Å². The summed E-state index contributed by atoms with van der Waals surface area (Å²) in [5.41, 5.74) is 0.706. The lowest BCUT2D eigenvalue weighted by Gasteiger charge is -2.20. The van der Waals surface area contributed by atoms with Crippen molar-refractivity contribution in [3.8, 4) is 0 Å². The van der Waals surface area contributed by atoms with Crippen LogP contribution in [0.2, 0.25) is 0 Å². The zero-order valence-electron chi connectivity index (χ0n) is 11.4. The van der Waals surface area contributed by atoms with Gasteiger partial charge < -0.3 is 14.8 Å². The molecule has 1 aliphatic rings. The van der Waals surface area contributed by atoms with Gasteiger partial charge in [-0.05, 0) is 37.8 Å². The van der Waals surface area contributed by atoms with Gasteiger partial charge in [0.1, 0.15) is 11.2 Å². The molecule has 0 atom stereocenters. The molecule has 5 heteroatoms. The van der Waals surface area contributed by atoms with Crippen molar-refractivity contribution in [2.24, 2.45) is 0 Å². The van der Waals surface area contributed by atoms with E-state index in [2.05, 4.69) is 10.3 Å². The molecule has 0 unspecified atom stereocenters. The van der Waals surface area contributed by atoms with Crippen LogP contribution >= 0.6 is 0 Å². The second kappa shape index (κ2) is 5.25. The monoisotopic (exact) mass is 273 g/mol. The number of pyridine rings is 1. The molecule has 20 heavy (non-hydrogen) atoms. The summed E-state index contributed by atoms with van der Waals surface area (Å²) in [4.78, 5) is 16.4. The largest absolute Gasteiger partial charge is 0.380 e. The van der Waals surface area contributed by atoms with Gasteiger partial charge in [0.2, 0.25) is 0 Å². The molecule has 1 saturated carbocycles. The zero-order valence-corrected chi connectivity index (χ0v) is 11.4. The first kappa shape index (κ1) is 13.1. The summed E-state index contributed by atoms with van der Waals surface area (Å²) >= 11 is 0. The number of carbonyl (C=O) groups excluding carboxylic acids is 1. The van der Waals surface area contributed by atoms with Crippen LogP contribution in [0.15, 0.2) is 30.6 Å². The van der Waals surface area contributed by atoms with Crippen LogP contribution in [0, 0.1) is 0 Å². The van der Waals surface area contributed by atoms with Crippen LogP contribution in [-0.2, 0) is 11.2 Å². The van der Waals surface area contributed by atoms with Crippen LogP contribution in [0.25, 0.3) is 5.65 Å². The van der Waals surface area contributed by atoms with Gasteiger partial charge in [0.25, 0.3) is 5.91 Å². The molecule has 1 amide bonds. The third kappa shape index (κ3) is 2.54. The summed E-state index contributed by atoms with van der Waals surface area (Å²) < 4.78 is 1.96. The highest BCUT2D eigenvalue weighted by Crippen LogP contribution is 2.29. The molecule has 0 aromatic carbocycles. The predicted molar refractivity (Wildman–Crippen MR) is 75.3 cm³/mol. The first-order valence-electron chi connectivity index (χ1n) is 7.11. The van der Waals surface area contributed by atoms with Crippen molar-refractivity contribution < 1.29 is 9.90 Å². The van der Waals surface area contributed by atoms with Crippen LogP contribution in [0.3, 0.4) is 0 Å². The lowest BCUT2D eigenvalue weighted by molar-refractivity contribution is -0.139. The van der Waals surface area contributed by atoms with Gasteiger partial charge in [-0.3, -0.25) is 4.79 Å². The summed E-state index contributed by atoms with van der Waals surface area (Å²) in [6.45, 7) is 0.505. The minimum absolute atomic E-state index is 0.237. The van der Waals surface area contributed by atoms with Crippen molar-refractivity contribution in [2.75, 3.05) is 6.54 Å². The van der Waals surface area contributed by atoms with E-state index in [9.17, 15) is 9.90 Å². The highest BCUT2D eigenvalue weighted by molar-refractivity contribution is 5.85. The topological polar surface area (TPSA) is 66.6 Å². The minimum atomic E-state index is -1.14. The van der Waals surface area contributed by atoms with Crippen molar-refractivity contribution in [3.05, 3.63) is 36.3 Å². The second-order valence-electron chi connectivity index (χ2n) is 5.44. The van der Waals surface area contributed by atoms with Gasteiger partial charge in [0, 0.05) is 25.4 Å². The number of fused-ring (bicyclic) bond motifs is 1. The number of nitrogens with one attached hydrogen (secondary N) is 1. The highest BCUT2D eigenvalue weighted by atomic mass is 16.3. The molecule has 2 aromatic heterocycles. The maximum absolute atomic E-state index is 11.9. The summed E-state index contributed by atoms with van der Waals surface area (Å²) in [7, 11) is 0. The Hall–Kier alpha value is -1.88. The fraction of sp³-hybridized carbons (Fsp3) is 0.467. The Bertz CT molecular complexity index is 581. The third-order valence-electron chi connectivity index (χ3n) is 3.93. The third-order valence-corrected chi connectivity index (χ3v) is 3.93.